The van der Waals surface area contributed by atoms with Crippen molar-refractivity contribution in [3.05, 3.63) is 78.0 Å². The van der Waals surface area contributed by atoms with E-state index in [1.807, 2.05) is 42.5 Å². The number of methoxy groups -OCH3 is 2. The molecular weight excluding hydrogens is 360 g/mol. The van der Waals surface area contributed by atoms with E-state index < -0.39 is 0 Å². The fourth-order valence-electron chi connectivity index (χ4n) is 2.51. The van der Waals surface area contributed by atoms with Crippen molar-refractivity contribution in [3.63, 3.8) is 0 Å². The molecule has 0 atom stereocenters. The summed E-state index contributed by atoms with van der Waals surface area (Å²) < 4.78 is 10.5. The van der Waals surface area contributed by atoms with Gasteiger partial charge in [-0.3, -0.25) is 4.79 Å². The maximum atomic E-state index is 12.6. The predicted molar refractivity (Wildman–Crippen MR) is 108 cm³/mol. The Bertz CT molecular complexity index is 916. The molecule has 0 bridgehead atoms. The van der Waals surface area contributed by atoms with Crippen LogP contribution in [0, 0.1) is 0 Å². The molecular formula is C21H20N2O3S. The predicted octanol–water partition coefficient (Wildman–Crippen LogP) is 4.64. The first-order chi connectivity index (χ1) is 13.2. The number of carbonyl (C=O) groups is 1. The van der Waals surface area contributed by atoms with E-state index in [1.165, 1.54) is 7.11 Å². The minimum atomic E-state index is -0.232. The summed E-state index contributed by atoms with van der Waals surface area (Å²) in [5, 5.41) is 3.89. The monoisotopic (exact) mass is 380 g/mol. The van der Waals surface area contributed by atoms with E-state index in [0.29, 0.717) is 17.1 Å². The number of thioether (sulfide) groups is 1. The molecule has 6 heteroatoms. The molecule has 27 heavy (non-hydrogen) atoms. The number of rotatable bonds is 7. The number of ether oxygens (including phenoxy) is 2. The van der Waals surface area contributed by atoms with Crippen molar-refractivity contribution in [2.45, 2.75) is 10.8 Å². The van der Waals surface area contributed by atoms with Gasteiger partial charge in [0.25, 0.3) is 5.91 Å². The molecule has 3 aromatic rings. The second-order valence-corrected chi connectivity index (χ2v) is 6.67. The van der Waals surface area contributed by atoms with Gasteiger partial charge in [-0.15, -0.1) is 11.8 Å². The minimum absolute atomic E-state index is 0.232. The second kappa shape index (κ2) is 9.09. The van der Waals surface area contributed by atoms with Crippen molar-refractivity contribution < 1.29 is 14.3 Å². The molecule has 1 aromatic heterocycles. The first-order valence-electron chi connectivity index (χ1n) is 8.36. The van der Waals surface area contributed by atoms with Crippen LogP contribution in [0.1, 0.15) is 15.9 Å². The van der Waals surface area contributed by atoms with E-state index in [2.05, 4.69) is 10.3 Å². The maximum absolute atomic E-state index is 12.6. The number of anilines is 1. The van der Waals surface area contributed by atoms with Crippen molar-refractivity contribution in [1.29, 1.82) is 0 Å². The number of aromatic nitrogens is 1. The molecule has 0 unspecified atom stereocenters. The molecule has 1 N–H and O–H groups in total. The maximum Gasteiger partial charge on any atom is 0.259 e. The van der Waals surface area contributed by atoms with Crippen LogP contribution in [-0.2, 0) is 5.75 Å². The molecule has 0 saturated heterocycles. The molecule has 0 aliphatic carbocycles. The lowest BCUT2D eigenvalue weighted by molar-refractivity contribution is 0.102. The number of hydrogen-bond acceptors (Lipinski definition) is 5. The lowest BCUT2D eigenvalue weighted by atomic mass is 10.1. The topological polar surface area (TPSA) is 60.5 Å². The lowest BCUT2D eigenvalue weighted by Crippen LogP contribution is -2.13. The average molecular weight is 380 g/mol. The van der Waals surface area contributed by atoms with Gasteiger partial charge in [-0.05, 0) is 42.0 Å². The Labute approximate surface area is 162 Å². The molecule has 0 aliphatic heterocycles. The molecule has 0 aliphatic rings. The Balaban J connectivity index is 1.69. The summed E-state index contributed by atoms with van der Waals surface area (Å²) in [5.74, 6) is 1.64. The Morgan fingerprint density at radius 3 is 2.67 bits per heavy atom. The summed E-state index contributed by atoms with van der Waals surface area (Å²) in [6.45, 7) is 0. The Hall–Kier alpha value is -2.99. The Kier molecular flexibility index (Phi) is 6.33. The normalized spacial score (nSPS) is 10.3. The van der Waals surface area contributed by atoms with Crippen LogP contribution >= 0.6 is 11.8 Å². The van der Waals surface area contributed by atoms with Gasteiger partial charge >= 0.3 is 0 Å². The van der Waals surface area contributed by atoms with Crippen molar-refractivity contribution in [1.82, 2.24) is 4.98 Å². The van der Waals surface area contributed by atoms with Crippen LogP contribution in [0.2, 0.25) is 0 Å². The average Bonchev–Trinajstić information content (AvgIpc) is 2.72. The van der Waals surface area contributed by atoms with Crippen LogP contribution in [0.4, 0.5) is 5.69 Å². The van der Waals surface area contributed by atoms with E-state index >= 15 is 0 Å². The summed E-state index contributed by atoms with van der Waals surface area (Å²) in [5.41, 5.74) is 2.29. The fourth-order valence-corrected chi connectivity index (χ4v) is 3.32. The van der Waals surface area contributed by atoms with E-state index in [0.717, 1.165) is 22.0 Å². The Morgan fingerprint density at radius 1 is 1.04 bits per heavy atom. The number of nitrogens with zero attached hydrogens (tertiary/aromatic N) is 1. The molecule has 138 valence electrons. The highest BCUT2D eigenvalue weighted by molar-refractivity contribution is 7.98. The molecule has 5 nitrogen and oxygen atoms in total. The quantitative estimate of drug-likeness (QED) is 0.605. The second-order valence-electron chi connectivity index (χ2n) is 5.68. The van der Waals surface area contributed by atoms with Gasteiger partial charge in [-0.1, -0.05) is 18.2 Å². The molecule has 1 amide bonds. The van der Waals surface area contributed by atoms with Gasteiger partial charge in [0.2, 0.25) is 0 Å². The summed E-state index contributed by atoms with van der Waals surface area (Å²) >= 11 is 1.65. The fraction of sp³-hybridized carbons (Fsp3) is 0.143. The summed E-state index contributed by atoms with van der Waals surface area (Å²) in [6.07, 6.45) is 1.78. The number of nitrogens with one attached hydrogen (secondary N) is 1. The number of benzene rings is 2. The zero-order chi connectivity index (χ0) is 19.1. The van der Waals surface area contributed by atoms with E-state index in [-0.39, 0.29) is 5.91 Å². The van der Waals surface area contributed by atoms with Gasteiger partial charge in [0.15, 0.2) is 0 Å². The van der Waals surface area contributed by atoms with Gasteiger partial charge < -0.3 is 14.8 Å². The molecule has 1 heterocycles. The van der Waals surface area contributed by atoms with Crippen LogP contribution < -0.4 is 14.8 Å². The SMILES string of the molecule is COc1ccc(C(=O)Nc2cccc(CSc3ccccn3)c2)c(OC)c1. The third-order valence-electron chi connectivity index (χ3n) is 3.86. The zero-order valence-electron chi connectivity index (χ0n) is 15.1. The van der Waals surface area contributed by atoms with Crippen LogP contribution in [0.5, 0.6) is 11.5 Å². The number of pyridine rings is 1. The first kappa shape index (κ1) is 18.8. The highest BCUT2D eigenvalue weighted by Crippen LogP contribution is 2.26. The van der Waals surface area contributed by atoms with Gasteiger partial charge in [0.1, 0.15) is 11.5 Å². The number of carbonyl (C=O) groups excluding carboxylic acids is 1. The number of amides is 1. The van der Waals surface area contributed by atoms with E-state index in [4.69, 9.17) is 9.47 Å². The minimum Gasteiger partial charge on any atom is -0.497 e. The highest BCUT2D eigenvalue weighted by atomic mass is 32.2. The van der Waals surface area contributed by atoms with Gasteiger partial charge in [0, 0.05) is 23.7 Å². The molecule has 0 saturated carbocycles. The third-order valence-corrected chi connectivity index (χ3v) is 4.88. The van der Waals surface area contributed by atoms with Crippen LogP contribution in [0.15, 0.2) is 71.9 Å². The zero-order valence-corrected chi connectivity index (χ0v) is 16.0. The summed E-state index contributed by atoms with van der Waals surface area (Å²) in [7, 11) is 3.10. The largest absolute Gasteiger partial charge is 0.497 e. The number of hydrogen-bond donors (Lipinski definition) is 1. The van der Waals surface area contributed by atoms with E-state index in [9.17, 15) is 4.79 Å². The van der Waals surface area contributed by atoms with Gasteiger partial charge in [-0.2, -0.15) is 0 Å². The third kappa shape index (κ3) is 5.01. The van der Waals surface area contributed by atoms with E-state index in [1.54, 1.807) is 43.3 Å². The van der Waals surface area contributed by atoms with Crippen molar-refractivity contribution in [2.24, 2.45) is 0 Å². The molecule has 0 radical (unpaired) electrons. The molecule has 2 aromatic carbocycles. The summed E-state index contributed by atoms with van der Waals surface area (Å²) in [4.78, 5) is 16.9. The lowest BCUT2D eigenvalue weighted by Gasteiger charge is -2.11. The van der Waals surface area contributed by atoms with Crippen molar-refractivity contribution >= 4 is 23.4 Å². The van der Waals surface area contributed by atoms with Crippen molar-refractivity contribution in [2.75, 3.05) is 19.5 Å². The molecule has 3 rings (SSSR count). The van der Waals surface area contributed by atoms with Gasteiger partial charge in [-0.25, -0.2) is 4.98 Å². The van der Waals surface area contributed by atoms with Gasteiger partial charge in [0.05, 0.1) is 24.8 Å². The molecule has 0 spiro atoms. The van der Waals surface area contributed by atoms with Crippen LogP contribution in [0.25, 0.3) is 0 Å². The summed E-state index contributed by atoms with van der Waals surface area (Å²) in [6, 6.07) is 18.7. The standard InChI is InChI=1S/C21H20N2O3S/c1-25-17-9-10-18(19(13-17)26-2)21(24)23-16-7-5-6-15(12-16)14-27-20-8-3-4-11-22-20/h3-13H,14H2,1-2H3,(H,23,24). The first-order valence-corrected chi connectivity index (χ1v) is 9.34. The van der Waals surface area contributed by atoms with Crippen molar-refractivity contribution in [3.8, 4) is 11.5 Å². The molecule has 0 fully saturated rings. The van der Waals surface area contributed by atoms with Crippen LogP contribution in [-0.4, -0.2) is 25.1 Å². The highest BCUT2D eigenvalue weighted by Gasteiger charge is 2.13. The van der Waals surface area contributed by atoms with Crippen LogP contribution in [0.3, 0.4) is 0 Å². The Morgan fingerprint density at radius 2 is 1.93 bits per heavy atom. The smallest absolute Gasteiger partial charge is 0.259 e.